The molecular weight excluding hydrogens is 112 g/mol. The van der Waals surface area contributed by atoms with Gasteiger partial charge in [-0.2, -0.15) is 0 Å². The van der Waals surface area contributed by atoms with E-state index < -0.39 is 0 Å². The molecule has 0 spiro atoms. The summed E-state index contributed by atoms with van der Waals surface area (Å²) in [5.74, 6) is 0. The average Bonchev–Trinajstić information content (AvgIpc) is 2.33. The van der Waals surface area contributed by atoms with Gasteiger partial charge in [0.15, 0.2) is 0 Å². The Hall–Kier alpha value is -1.24. The smallest absolute Gasteiger partial charge is 0.133 e. The third kappa shape index (κ3) is 0.617. The highest BCUT2D eigenvalue weighted by Crippen LogP contribution is 2.12. The molecule has 9 heavy (non-hydrogen) atoms. The van der Waals surface area contributed by atoms with Gasteiger partial charge in [0.2, 0.25) is 0 Å². The molecule has 1 aromatic carbocycles. The van der Waals surface area contributed by atoms with E-state index in [1.807, 2.05) is 6.07 Å². The maximum atomic E-state index is 7.27. The average molecular weight is 119 g/mol. The fourth-order valence-electron chi connectivity index (χ4n) is 0.847. The van der Waals surface area contributed by atoms with E-state index in [4.69, 9.17) is 5.79 Å². The molecule has 1 heteroatoms. The molecule has 0 aliphatic carbocycles. The summed E-state index contributed by atoms with van der Waals surface area (Å²) >= 11 is 0. The molecule has 0 saturated heterocycles. The lowest BCUT2D eigenvalue weighted by Gasteiger charge is -1.81. The third-order valence-corrected chi connectivity index (χ3v) is 1.30. The normalized spacial score (nSPS) is 11.8. The van der Waals surface area contributed by atoms with Gasteiger partial charge >= 0.3 is 0 Å². The van der Waals surface area contributed by atoms with Gasteiger partial charge < -0.3 is 4.42 Å². The molecule has 2 rings (SSSR count). The number of hydrogen-bond acceptors (Lipinski definition) is 1. The van der Waals surface area contributed by atoms with Crippen LogP contribution in [0.5, 0.6) is 0 Å². The van der Waals surface area contributed by atoms with Crippen molar-refractivity contribution in [1.29, 1.82) is 0 Å². The fraction of sp³-hybridized carbons (Fsp3) is 0. The van der Waals surface area contributed by atoms with E-state index in [-0.39, 0.29) is 0 Å². The topological polar surface area (TPSA) is 13.1 Å². The second-order valence-corrected chi connectivity index (χ2v) is 1.88. The molecule has 0 aliphatic rings. The van der Waals surface area contributed by atoms with Crippen molar-refractivity contribution in [2.24, 2.45) is 0 Å². The van der Waals surface area contributed by atoms with Gasteiger partial charge in [-0.15, -0.1) is 0 Å². The molecule has 1 aromatic heterocycles. The first-order chi connectivity index (χ1) is 4.86. The number of rotatable bonds is 0. The van der Waals surface area contributed by atoms with Gasteiger partial charge in [-0.1, -0.05) is 18.2 Å². The van der Waals surface area contributed by atoms with Crippen LogP contribution in [0.2, 0.25) is 0 Å². The molecule has 2 aromatic rings. The van der Waals surface area contributed by atoms with Crippen LogP contribution in [-0.4, -0.2) is 0 Å². The van der Waals surface area contributed by atoms with Crippen LogP contribution in [-0.2, 0) is 0 Å². The zero-order valence-electron chi connectivity index (χ0n) is 5.79. The largest absolute Gasteiger partial charge is 0.464 e. The number of hydrogen-bond donors (Lipinski definition) is 0. The molecule has 0 amide bonds. The monoisotopic (exact) mass is 119 g/mol. The second-order valence-electron chi connectivity index (χ2n) is 1.88. The van der Waals surface area contributed by atoms with Crippen molar-refractivity contribution in [3.05, 3.63) is 36.6 Å². The summed E-state index contributed by atoms with van der Waals surface area (Å²) in [4.78, 5) is 0. The van der Waals surface area contributed by atoms with Gasteiger partial charge in [0.25, 0.3) is 0 Å². The predicted octanol–water partition coefficient (Wildman–Crippen LogP) is 2.43. The van der Waals surface area contributed by atoms with Crippen LogP contribution in [0.1, 0.15) is 1.37 Å². The number of fused-ring (bicyclic) bond motifs is 1. The van der Waals surface area contributed by atoms with Gasteiger partial charge in [0.1, 0.15) is 5.58 Å². The van der Waals surface area contributed by atoms with E-state index in [2.05, 4.69) is 0 Å². The highest BCUT2D eigenvalue weighted by Gasteiger charge is 1.89. The molecule has 0 saturated carbocycles. The summed E-state index contributed by atoms with van der Waals surface area (Å²) < 4.78 is 12.4. The van der Waals surface area contributed by atoms with E-state index in [9.17, 15) is 0 Å². The van der Waals surface area contributed by atoms with E-state index in [1.165, 1.54) is 0 Å². The van der Waals surface area contributed by atoms with Crippen LogP contribution in [0.4, 0.5) is 0 Å². The fourth-order valence-corrected chi connectivity index (χ4v) is 0.847. The van der Waals surface area contributed by atoms with Gasteiger partial charge in [-0.05, 0) is 12.1 Å². The minimum Gasteiger partial charge on any atom is -0.464 e. The summed E-state index contributed by atoms with van der Waals surface area (Å²) in [6.07, 6.45) is 1.63. The predicted molar refractivity (Wildman–Crippen MR) is 36.2 cm³/mol. The highest BCUT2D eigenvalue weighted by atomic mass is 16.3. The van der Waals surface area contributed by atoms with Crippen LogP contribution in [0.25, 0.3) is 11.0 Å². The summed E-state index contributed by atoms with van der Waals surface area (Å²) in [6.45, 7) is 0. The minimum atomic E-state index is 0.522. The Morgan fingerprint density at radius 3 is 3.33 bits per heavy atom. The van der Waals surface area contributed by atoms with Gasteiger partial charge in [0, 0.05) is 5.39 Å². The number of benzene rings is 1. The molecule has 1 heterocycles. The molecule has 0 radical (unpaired) electrons. The molecule has 0 fully saturated rings. The van der Waals surface area contributed by atoms with E-state index in [1.54, 1.807) is 24.5 Å². The van der Waals surface area contributed by atoms with Crippen LogP contribution in [0.15, 0.2) is 41.0 Å². The Morgan fingerprint density at radius 1 is 1.33 bits per heavy atom. The van der Waals surface area contributed by atoms with Crippen LogP contribution >= 0.6 is 0 Å². The molecular formula is C8H6O. The Morgan fingerprint density at radius 2 is 2.33 bits per heavy atom. The van der Waals surface area contributed by atoms with Crippen molar-refractivity contribution in [3.63, 3.8) is 0 Å². The van der Waals surface area contributed by atoms with Gasteiger partial charge in [-0.25, -0.2) is 0 Å². The summed E-state index contributed by atoms with van der Waals surface area (Å²) in [5.41, 5.74) is 0.844. The maximum Gasteiger partial charge on any atom is 0.133 e. The lowest BCUT2D eigenvalue weighted by Crippen LogP contribution is -1.57. The lowest BCUT2D eigenvalue weighted by atomic mass is 10.3. The van der Waals surface area contributed by atoms with Crippen molar-refractivity contribution in [2.45, 2.75) is 0 Å². The minimum absolute atomic E-state index is 0.522. The van der Waals surface area contributed by atoms with Crippen molar-refractivity contribution in [3.8, 4) is 0 Å². The summed E-state index contributed by atoms with van der Waals surface area (Å²) in [6, 6.07) is 7.67. The Balaban J connectivity index is 2.86. The van der Waals surface area contributed by atoms with Crippen molar-refractivity contribution < 1.29 is 5.79 Å². The lowest BCUT2D eigenvalue weighted by molar-refractivity contribution is 0.616. The number of para-hydroxylation sites is 1. The SMILES string of the molecule is [2H]c1ccc2occc2c1. The Kier molecular flexibility index (Phi) is 0.671. The van der Waals surface area contributed by atoms with Crippen LogP contribution in [0, 0.1) is 0 Å². The molecule has 0 aliphatic heterocycles. The number of furan rings is 1. The van der Waals surface area contributed by atoms with E-state index in [0.29, 0.717) is 6.04 Å². The van der Waals surface area contributed by atoms with Crippen LogP contribution < -0.4 is 0 Å². The maximum absolute atomic E-state index is 7.27. The highest BCUT2D eigenvalue weighted by molar-refractivity contribution is 5.76. The third-order valence-electron chi connectivity index (χ3n) is 1.30. The zero-order valence-corrected chi connectivity index (χ0v) is 4.79. The summed E-state index contributed by atoms with van der Waals surface area (Å²) in [5, 5.41) is 0.993. The molecule has 0 bridgehead atoms. The molecule has 44 valence electrons. The second kappa shape index (κ2) is 1.62. The van der Waals surface area contributed by atoms with Crippen LogP contribution in [0.3, 0.4) is 0 Å². The standard InChI is InChI=1S/C8H6O/c1-2-4-8-7(3-1)5-6-9-8/h1-6H/i1D. The van der Waals surface area contributed by atoms with Crippen molar-refractivity contribution in [1.82, 2.24) is 0 Å². The zero-order chi connectivity index (χ0) is 6.97. The molecule has 0 unspecified atom stereocenters. The van der Waals surface area contributed by atoms with Crippen molar-refractivity contribution in [2.75, 3.05) is 0 Å². The van der Waals surface area contributed by atoms with E-state index in [0.717, 1.165) is 11.0 Å². The van der Waals surface area contributed by atoms with E-state index >= 15 is 0 Å². The molecule has 0 atom stereocenters. The Labute approximate surface area is 54.3 Å². The van der Waals surface area contributed by atoms with Gasteiger partial charge in [0.05, 0.1) is 7.63 Å². The summed E-state index contributed by atoms with van der Waals surface area (Å²) in [7, 11) is 0. The quantitative estimate of drug-likeness (QED) is 0.519. The molecule has 0 N–H and O–H groups in total. The van der Waals surface area contributed by atoms with Gasteiger partial charge in [-0.3, -0.25) is 0 Å². The first-order valence-corrected chi connectivity index (χ1v) is 2.80. The van der Waals surface area contributed by atoms with Crippen molar-refractivity contribution >= 4 is 11.0 Å². The molecule has 1 nitrogen and oxygen atoms in total. The first kappa shape index (κ1) is 3.72. The Bertz CT molecular complexity index is 351. The first-order valence-electron chi connectivity index (χ1n) is 3.30.